The van der Waals surface area contributed by atoms with Gasteiger partial charge in [0.05, 0.1) is 5.41 Å². The van der Waals surface area contributed by atoms with Crippen molar-refractivity contribution in [2.75, 3.05) is 20.3 Å². The van der Waals surface area contributed by atoms with Gasteiger partial charge in [-0.1, -0.05) is 20.8 Å². The van der Waals surface area contributed by atoms with Crippen molar-refractivity contribution in [2.24, 2.45) is 5.41 Å². The normalized spacial score (nSPS) is 19.7. The lowest BCUT2D eigenvalue weighted by atomic mass is 9.81. The summed E-state index contributed by atoms with van der Waals surface area (Å²) in [6.07, 6.45) is 1.68. The molecular formula is C10H21NO2. The Bertz CT molecular complexity index is 151. The summed E-state index contributed by atoms with van der Waals surface area (Å²) in [6.45, 7) is 7.42. The topological polar surface area (TPSA) is 38.3 Å². The monoisotopic (exact) mass is 187 g/mol. The fraction of sp³-hybridized carbons (Fsp3) is 0.900. The van der Waals surface area contributed by atoms with Crippen molar-refractivity contribution in [1.82, 2.24) is 5.32 Å². The molecule has 0 aromatic rings. The van der Waals surface area contributed by atoms with Gasteiger partial charge in [-0.05, 0) is 12.8 Å². The van der Waals surface area contributed by atoms with Gasteiger partial charge in [-0.3, -0.25) is 4.79 Å². The Labute approximate surface area is 80.8 Å². The van der Waals surface area contributed by atoms with Crippen LogP contribution in [0.1, 0.15) is 33.6 Å². The van der Waals surface area contributed by atoms with Crippen LogP contribution in [0, 0.1) is 5.41 Å². The van der Waals surface area contributed by atoms with E-state index in [9.17, 15) is 4.79 Å². The number of hydrogen-bond acceptors (Lipinski definition) is 2. The highest BCUT2D eigenvalue weighted by Gasteiger charge is 2.33. The molecule has 0 unspecified atom stereocenters. The first kappa shape index (κ1) is 12.4. The van der Waals surface area contributed by atoms with E-state index < -0.39 is 0 Å². The van der Waals surface area contributed by atoms with Crippen molar-refractivity contribution in [2.45, 2.75) is 33.6 Å². The zero-order valence-electron chi connectivity index (χ0n) is 9.14. The molecule has 1 fully saturated rings. The molecule has 0 aromatic heterocycles. The van der Waals surface area contributed by atoms with E-state index in [0.717, 1.165) is 12.8 Å². The van der Waals surface area contributed by atoms with Crippen LogP contribution in [0.4, 0.5) is 0 Å². The van der Waals surface area contributed by atoms with Crippen LogP contribution < -0.4 is 5.32 Å². The minimum atomic E-state index is -0.187. The summed E-state index contributed by atoms with van der Waals surface area (Å²) in [6, 6.07) is 0. The van der Waals surface area contributed by atoms with E-state index in [4.69, 9.17) is 4.74 Å². The summed E-state index contributed by atoms with van der Waals surface area (Å²) in [4.78, 5) is 11.3. The highest BCUT2D eigenvalue weighted by atomic mass is 16.5. The van der Waals surface area contributed by atoms with E-state index in [1.807, 2.05) is 20.8 Å². The van der Waals surface area contributed by atoms with Gasteiger partial charge < -0.3 is 10.1 Å². The molecule has 0 spiro atoms. The van der Waals surface area contributed by atoms with Crippen molar-refractivity contribution in [1.29, 1.82) is 0 Å². The molecule has 3 heteroatoms. The summed E-state index contributed by atoms with van der Waals surface area (Å²) in [5.74, 6) is 0.140. The summed E-state index contributed by atoms with van der Waals surface area (Å²) in [7, 11) is 1.68. The Balaban J connectivity index is 0.000000671. The fourth-order valence-electron chi connectivity index (χ4n) is 1.35. The Morgan fingerprint density at radius 2 is 1.77 bits per heavy atom. The first-order valence-electron chi connectivity index (χ1n) is 4.99. The second-order valence-corrected chi connectivity index (χ2v) is 3.25. The average molecular weight is 187 g/mol. The number of amides is 1. The van der Waals surface area contributed by atoms with E-state index in [-0.39, 0.29) is 11.3 Å². The average Bonchev–Trinajstić information content (AvgIpc) is 2.21. The van der Waals surface area contributed by atoms with Crippen molar-refractivity contribution < 1.29 is 9.53 Å². The third-order valence-electron chi connectivity index (χ3n) is 2.37. The van der Waals surface area contributed by atoms with E-state index in [0.29, 0.717) is 13.2 Å². The second kappa shape index (κ2) is 5.97. The summed E-state index contributed by atoms with van der Waals surface area (Å²) in [5, 5.41) is 2.68. The van der Waals surface area contributed by atoms with E-state index in [2.05, 4.69) is 5.32 Å². The number of ether oxygens (including phenoxy) is 1. The van der Waals surface area contributed by atoms with Crippen molar-refractivity contribution in [3.63, 3.8) is 0 Å². The van der Waals surface area contributed by atoms with E-state index in [1.165, 1.54) is 0 Å². The lowest BCUT2D eigenvalue weighted by molar-refractivity contribution is -0.134. The summed E-state index contributed by atoms with van der Waals surface area (Å²) >= 11 is 0. The predicted molar refractivity (Wildman–Crippen MR) is 53.6 cm³/mol. The van der Waals surface area contributed by atoms with Gasteiger partial charge in [0.25, 0.3) is 0 Å². The number of carbonyl (C=O) groups excluding carboxylic acids is 1. The highest BCUT2D eigenvalue weighted by Crippen LogP contribution is 2.29. The van der Waals surface area contributed by atoms with Crippen LogP contribution in [0.2, 0.25) is 0 Å². The number of hydrogen-bond donors (Lipinski definition) is 1. The maximum absolute atomic E-state index is 11.3. The van der Waals surface area contributed by atoms with Crippen LogP contribution in [-0.2, 0) is 9.53 Å². The molecule has 1 aliphatic heterocycles. The molecule has 13 heavy (non-hydrogen) atoms. The second-order valence-electron chi connectivity index (χ2n) is 3.25. The molecule has 0 atom stereocenters. The predicted octanol–water partition coefficient (Wildman–Crippen LogP) is 1.58. The molecular weight excluding hydrogens is 166 g/mol. The van der Waals surface area contributed by atoms with Crippen LogP contribution in [0.15, 0.2) is 0 Å². The molecule has 0 bridgehead atoms. The van der Waals surface area contributed by atoms with E-state index in [1.54, 1.807) is 7.05 Å². The van der Waals surface area contributed by atoms with Crippen LogP contribution >= 0.6 is 0 Å². The lowest BCUT2D eigenvalue weighted by Gasteiger charge is -2.31. The smallest absolute Gasteiger partial charge is 0.225 e. The molecule has 1 saturated heterocycles. The van der Waals surface area contributed by atoms with Gasteiger partial charge in [0.1, 0.15) is 0 Å². The third-order valence-corrected chi connectivity index (χ3v) is 2.37. The zero-order valence-corrected chi connectivity index (χ0v) is 9.14. The molecule has 0 radical (unpaired) electrons. The van der Waals surface area contributed by atoms with Crippen LogP contribution in [-0.4, -0.2) is 26.2 Å². The fourth-order valence-corrected chi connectivity index (χ4v) is 1.35. The molecule has 3 nitrogen and oxygen atoms in total. The van der Waals surface area contributed by atoms with Crippen molar-refractivity contribution in [3.8, 4) is 0 Å². The SMILES string of the molecule is CC.CNC(=O)C1(C)CCOCC1. The van der Waals surface area contributed by atoms with Crippen LogP contribution in [0.3, 0.4) is 0 Å². The number of rotatable bonds is 1. The first-order chi connectivity index (χ1) is 6.19. The molecule has 78 valence electrons. The van der Waals surface area contributed by atoms with E-state index >= 15 is 0 Å². The van der Waals surface area contributed by atoms with Gasteiger partial charge in [-0.25, -0.2) is 0 Å². The molecule has 1 amide bonds. The summed E-state index contributed by atoms with van der Waals surface area (Å²) in [5.41, 5.74) is -0.187. The first-order valence-corrected chi connectivity index (χ1v) is 4.99. The Morgan fingerprint density at radius 3 is 2.15 bits per heavy atom. The largest absolute Gasteiger partial charge is 0.381 e. The quantitative estimate of drug-likeness (QED) is 0.676. The van der Waals surface area contributed by atoms with Gasteiger partial charge in [-0.2, -0.15) is 0 Å². The Hall–Kier alpha value is -0.570. The Kier molecular flexibility index (Phi) is 5.71. The molecule has 1 aliphatic rings. The number of carbonyl (C=O) groups is 1. The van der Waals surface area contributed by atoms with Gasteiger partial charge >= 0.3 is 0 Å². The lowest BCUT2D eigenvalue weighted by Crippen LogP contribution is -2.40. The van der Waals surface area contributed by atoms with Gasteiger partial charge in [-0.15, -0.1) is 0 Å². The van der Waals surface area contributed by atoms with Gasteiger partial charge in [0.15, 0.2) is 0 Å². The molecule has 1 rings (SSSR count). The molecule has 0 saturated carbocycles. The van der Waals surface area contributed by atoms with Crippen molar-refractivity contribution >= 4 is 5.91 Å². The third kappa shape index (κ3) is 3.35. The van der Waals surface area contributed by atoms with Crippen LogP contribution in [0.25, 0.3) is 0 Å². The highest BCUT2D eigenvalue weighted by molar-refractivity contribution is 5.81. The zero-order chi connectivity index (χ0) is 10.3. The van der Waals surface area contributed by atoms with Crippen LogP contribution in [0.5, 0.6) is 0 Å². The van der Waals surface area contributed by atoms with Gasteiger partial charge in [0, 0.05) is 20.3 Å². The molecule has 0 aliphatic carbocycles. The minimum absolute atomic E-state index is 0.140. The van der Waals surface area contributed by atoms with Crippen molar-refractivity contribution in [3.05, 3.63) is 0 Å². The minimum Gasteiger partial charge on any atom is -0.381 e. The van der Waals surface area contributed by atoms with Gasteiger partial charge in [0.2, 0.25) is 5.91 Å². The number of nitrogens with one attached hydrogen (secondary N) is 1. The maximum Gasteiger partial charge on any atom is 0.225 e. The summed E-state index contributed by atoms with van der Waals surface area (Å²) < 4.78 is 5.18. The maximum atomic E-state index is 11.3. The Morgan fingerprint density at radius 1 is 1.31 bits per heavy atom. The molecule has 0 aromatic carbocycles. The standard InChI is InChI=1S/C8H15NO2.C2H6/c1-8(7(10)9-2)3-5-11-6-4-8;1-2/h3-6H2,1-2H3,(H,9,10);1-2H3. The molecule has 1 heterocycles. The molecule has 1 N–H and O–H groups in total.